The molecule has 3 atom stereocenters. The third-order valence-corrected chi connectivity index (χ3v) is 11.1. The Hall–Kier alpha value is -3.05. The van der Waals surface area contributed by atoms with Gasteiger partial charge in [0.25, 0.3) is 5.92 Å². The second-order valence-electron chi connectivity index (χ2n) is 12.4. The van der Waals surface area contributed by atoms with E-state index < -0.39 is 33.5 Å². The van der Waals surface area contributed by atoms with Crippen molar-refractivity contribution in [1.29, 1.82) is 0 Å². The molecule has 2 N–H and O–H groups in total. The van der Waals surface area contributed by atoms with Crippen molar-refractivity contribution in [3.05, 3.63) is 83.4 Å². The van der Waals surface area contributed by atoms with Crippen LogP contribution in [0.25, 0.3) is 11.1 Å². The van der Waals surface area contributed by atoms with Gasteiger partial charge in [0, 0.05) is 36.3 Å². The molecule has 3 aromatic rings. The van der Waals surface area contributed by atoms with Gasteiger partial charge in [-0.3, -0.25) is 4.79 Å². The average Bonchev–Trinajstić information content (AvgIpc) is 3.68. The van der Waals surface area contributed by atoms with Gasteiger partial charge >= 0.3 is 0 Å². The first-order valence-electron chi connectivity index (χ1n) is 15.6. The van der Waals surface area contributed by atoms with Crippen LogP contribution in [-0.2, 0) is 20.7 Å². The highest BCUT2D eigenvalue weighted by Gasteiger charge is 2.52. The van der Waals surface area contributed by atoms with Crippen molar-refractivity contribution in [3.8, 4) is 16.9 Å². The molecular weight excluding hydrogens is 620 g/mol. The zero-order valence-corrected chi connectivity index (χ0v) is 26.5. The minimum Gasteiger partial charge on any atom is -0.493 e. The molecule has 3 fully saturated rings. The first-order valence-corrected chi connectivity index (χ1v) is 17.5. The Bertz CT molecular complexity index is 1580. The van der Waals surface area contributed by atoms with Gasteiger partial charge in [-0.15, -0.1) is 0 Å². The van der Waals surface area contributed by atoms with Gasteiger partial charge < -0.3 is 15.0 Å². The topological polar surface area (TPSA) is 87.7 Å². The molecule has 6 rings (SSSR count). The van der Waals surface area contributed by atoms with E-state index in [4.69, 9.17) is 16.3 Å². The number of hydrogen-bond acceptors (Lipinski definition) is 5. The summed E-state index contributed by atoms with van der Waals surface area (Å²) in [5.41, 5.74) is 0.999. The summed E-state index contributed by atoms with van der Waals surface area (Å²) >= 11 is 5.98. The minimum atomic E-state index is -4.52. The molecule has 3 aromatic carbocycles. The zero-order chi connectivity index (χ0) is 31.6. The van der Waals surface area contributed by atoms with Gasteiger partial charge in [0.05, 0.1) is 11.5 Å². The number of amides is 1. The van der Waals surface area contributed by atoms with Gasteiger partial charge in [0.15, 0.2) is 6.04 Å². The number of likely N-dealkylation sites (tertiary alicyclic amines) is 1. The summed E-state index contributed by atoms with van der Waals surface area (Å²) in [4.78, 5) is 15.1. The van der Waals surface area contributed by atoms with Crippen LogP contribution in [0.3, 0.4) is 0 Å². The van der Waals surface area contributed by atoms with Crippen molar-refractivity contribution in [2.24, 2.45) is 11.8 Å². The molecule has 0 aromatic heterocycles. The van der Waals surface area contributed by atoms with Gasteiger partial charge in [-0.05, 0) is 78.6 Å². The maximum Gasteiger partial charge on any atom is 0.298 e. The number of ether oxygens (including phenoxy) is 1. The van der Waals surface area contributed by atoms with Crippen LogP contribution in [0.15, 0.2) is 77.7 Å². The van der Waals surface area contributed by atoms with E-state index in [-0.39, 0.29) is 16.9 Å². The van der Waals surface area contributed by atoms with E-state index in [2.05, 4.69) is 10.0 Å². The fraction of sp³-hybridized carbons (Fsp3) is 0.441. The van der Waals surface area contributed by atoms with Crippen molar-refractivity contribution in [2.45, 2.75) is 61.4 Å². The highest BCUT2D eigenvalue weighted by atomic mass is 35.5. The molecule has 0 unspecified atom stereocenters. The second-order valence-corrected chi connectivity index (χ2v) is 14.5. The summed E-state index contributed by atoms with van der Waals surface area (Å²) in [6.07, 6.45) is 6.50. The predicted octanol–water partition coefficient (Wildman–Crippen LogP) is 6.23. The molecule has 1 amide bonds. The molecule has 2 saturated heterocycles. The summed E-state index contributed by atoms with van der Waals surface area (Å²) in [7, 11) is -4.52. The lowest BCUT2D eigenvalue weighted by atomic mass is 9.90. The summed E-state index contributed by atoms with van der Waals surface area (Å²) in [5, 5.41) is 3.77. The third kappa shape index (κ3) is 7.04. The average molecular weight is 658 g/mol. The number of alkyl halides is 2. The molecule has 45 heavy (non-hydrogen) atoms. The molecule has 7 nitrogen and oxygen atoms in total. The SMILES string of the molecule is O=C([C@@H](NS(=O)(=O)c1ccc(OCC2CCCCC2)cc1)C(F)(F)c1ccc(-c2ccc(Cl)cc2)cc1)N1CC[C@H]2CNC[C@H]21. The van der Waals surface area contributed by atoms with Crippen LogP contribution in [0.1, 0.15) is 44.1 Å². The Morgan fingerprint density at radius 1 is 0.933 bits per heavy atom. The normalized spacial score (nSPS) is 21.4. The maximum atomic E-state index is 16.4. The van der Waals surface area contributed by atoms with E-state index in [1.807, 2.05) is 0 Å². The van der Waals surface area contributed by atoms with Crippen molar-refractivity contribution >= 4 is 27.5 Å². The largest absolute Gasteiger partial charge is 0.493 e. The van der Waals surface area contributed by atoms with Crippen LogP contribution in [-0.4, -0.2) is 57.5 Å². The molecule has 240 valence electrons. The molecule has 3 aliphatic rings. The number of sulfonamides is 1. The van der Waals surface area contributed by atoms with E-state index in [9.17, 15) is 13.2 Å². The predicted molar refractivity (Wildman–Crippen MR) is 170 cm³/mol. The van der Waals surface area contributed by atoms with Gasteiger partial charge in [0.1, 0.15) is 5.75 Å². The maximum absolute atomic E-state index is 16.4. The fourth-order valence-electron chi connectivity index (χ4n) is 6.77. The lowest BCUT2D eigenvalue weighted by Crippen LogP contribution is -2.57. The Balaban J connectivity index is 1.24. The molecule has 11 heteroatoms. The number of nitrogens with zero attached hydrogens (tertiary/aromatic N) is 1. The Morgan fingerprint density at radius 3 is 2.24 bits per heavy atom. The number of carbonyl (C=O) groups is 1. The summed E-state index contributed by atoms with van der Waals surface area (Å²) < 4.78 is 68.0. The number of hydrogen-bond donors (Lipinski definition) is 2. The number of fused-ring (bicyclic) bond motifs is 1. The number of carbonyl (C=O) groups excluding carboxylic acids is 1. The van der Waals surface area contributed by atoms with Crippen LogP contribution < -0.4 is 14.8 Å². The third-order valence-electron chi connectivity index (χ3n) is 9.40. The Kier molecular flexibility index (Phi) is 9.47. The van der Waals surface area contributed by atoms with E-state index >= 15 is 8.78 Å². The van der Waals surface area contributed by atoms with Gasteiger partial charge in [0.2, 0.25) is 15.9 Å². The smallest absolute Gasteiger partial charge is 0.298 e. The van der Waals surface area contributed by atoms with Crippen LogP contribution >= 0.6 is 11.6 Å². The summed E-state index contributed by atoms with van der Waals surface area (Å²) in [5.74, 6) is -3.65. The number of benzene rings is 3. The van der Waals surface area contributed by atoms with Gasteiger partial charge in [-0.25, -0.2) is 8.42 Å². The van der Waals surface area contributed by atoms with Crippen LogP contribution in [0.4, 0.5) is 8.78 Å². The van der Waals surface area contributed by atoms with Gasteiger partial charge in [-0.2, -0.15) is 13.5 Å². The standard InChI is InChI=1S/C34H38ClF2N3O4S/c35-28-12-8-25(9-13-28)24-6-10-27(11-7-24)34(36,37)32(33(41)40-19-18-26-20-38-21-31(26)40)39-45(42,43)30-16-14-29(15-17-30)44-22-23-4-2-1-3-5-23/h6-17,23,26,31-32,38-39H,1-5,18-22H2/t26-,31+,32+/m0/s1. The zero-order valence-electron chi connectivity index (χ0n) is 24.9. The minimum absolute atomic E-state index is 0.152. The molecule has 1 saturated carbocycles. The fourth-order valence-corrected chi connectivity index (χ4v) is 8.08. The van der Waals surface area contributed by atoms with E-state index in [0.29, 0.717) is 54.9 Å². The number of nitrogens with one attached hydrogen (secondary N) is 2. The first kappa shape index (κ1) is 31.9. The van der Waals surface area contributed by atoms with Crippen molar-refractivity contribution in [2.75, 3.05) is 26.2 Å². The summed E-state index contributed by atoms with van der Waals surface area (Å²) in [6, 6.07) is 15.6. The van der Waals surface area contributed by atoms with E-state index in [1.165, 1.54) is 72.7 Å². The van der Waals surface area contributed by atoms with Crippen molar-refractivity contribution < 1.29 is 26.7 Å². The Morgan fingerprint density at radius 2 is 1.58 bits per heavy atom. The monoisotopic (exact) mass is 657 g/mol. The summed E-state index contributed by atoms with van der Waals surface area (Å²) in [6.45, 7) is 2.03. The van der Waals surface area contributed by atoms with Crippen LogP contribution in [0.2, 0.25) is 5.02 Å². The first-order chi connectivity index (χ1) is 21.6. The molecule has 2 heterocycles. The van der Waals surface area contributed by atoms with Crippen molar-refractivity contribution in [3.63, 3.8) is 0 Å². The lowest BCUT2D eigenvalue weighted by molar-refractivity contribution is -0.145. The van der Waals surface area contributed by atoms with Crippen LogP contribution in [0.5, 0.6) is 5.75 Å². The van der Waals surface area contributed by atoms with E-state index in [0.717, 1.165) is 18.4 Å². The lowest BCUT2D eigenvalue weighted by Gasteiger charge is -2.33. The number of halogens is 3. The van der Waals surface area contributed by atoms with Crippen LogP contribution in [0, 0.1) is 11.8 Å². The second kappa shape index (κ2) is 13.4. The molecule has 0 radical (unpaired) electrons. The van der Waals surface area contributed by atoms with Gasteiger partial charge in [-0.1, -0.05) is 67.3 Å². The van der Waals surface area contributed by atoms with E-state index in [1.54, 1.807) is 24.3 Å². The molecule has 0 bridgehead atoms. The quantitative estimate of drug-likeness (QED) is 0.270. The highest BCUT2D eigenvalue weighted by molar-refractivity contribution is 7.89. The molecule has 2 aliphatic heterocycles. The molecular formula is C34H38ClF2N3O4S. The van der Waals surface area contributed by atoms with Crippen molar-refractivity contribution in [1.82, 2.24) is 14.9 Å². The molecule has 1 aliphatic carbocycles. The molecule has 0 spiro atoms. The number of rotatable bonds is 10. The Labute approximate surface area is 268 Å². The highest BCUT2D eigenvalue weighted by Crippen LogP contribution is 2.37.